The minimum Gasteiger partial charge on any atom is -0.389 e. The Labute approximate surface area is 208 Å². The number of aryl methyl sites for hydroxylation is 1. The Morgan fingerprint density at radius 2 is 2.06 bits per heavy atom. The van der Waals surface area contributed by atoms with Crippen LogP contribution in [0.25, 0.3) is 5.69 Å². The summed E-state index contributed by atoms with van der Waals surface area (Å²) in [5, 5.41) is 17.5. The number of aliphatic hydroxyl groups is 1. The zero-order chi connectivity index (χ0) is 24.5. The molecule has 11 heteroatoms. The van der Waals surface area contributed by atoms with Gasteiger partial charge in [0, 0.05) is 31.3 Å². The zero-order valence-corrected chi connectivity index (χ0v) is 20.4. The van der Waals surface area contributed by atoms with Crippen molar-refractivity contribution in [3.05, 3.63) is 70.5 Å². The molecule has 2 aromatic heterocycles. The van der Waals surface area contributed by atoms with Gasteiger partial charge in [0.2, 0.25) is 6.29 Å². The van der Waals surface area contributed by atoms with Crippen molar-refractivity contribution < 1.29 is 19.4 Å². The van der Waals surface area contributed by atoms with E-state index in [9.17, 15) is 5.11 Å². The van der Waals surface area contributed by atoms with Crippen molar-refractivity contribution in [3.63, 3.8) is 0 Å². The van der Waals surface area contributed by atoms with E-state index in [0.29, 0.717) is 22.6 Å². The molecule has 1 aliphatic heterocycles. The smallest absolute Gasteiger partial charge is 0.203 e. The first kappa shape index (κ1) is 24.3. The molecule has 0 amide bonds. The quantitative estimate of drug-likeness (QED) is 0.480. The van der Waals surface area contributed by atoms with Crippen LogP contribution in [0.1, 0.15) is 54.1 Å². The molecular weight excluding hydrogens is 472 g/mol. The van der Waals surface area contributed by atoms with E-state index >= 15 is 0 Å². The van der Waals surface area contributed by atoms with Gasteiger partial charge in [0.25, 0.3) is 0 Å². The summed E-state index contributed by atoms with van der Waals surface area (Å²) in [5.41, 5.74) is 8.38. The maximum atomic E-state index is 10.9. The highest BCUT2D eigenvalue weighted by Crippen LogP contribution is 2.42. The van der Waals surface area contributed by atoms with Crippen LogP contribution in [0.15, 0.2) is 42.6 Å². The molecule has 35 heavy (non-hydrogen) atoms. The molecule has 2 aliphatic rings. The normalized spacial score (nSPS) is 22.8. The van der Waals surface area contributed by atoms with E-state index in [1.165, 1.54) is 0 Å². The largest absolute Gasteiger partial charge is 0.389 e. The number of aromatic nitrogens is 4. The number of nitrogens with zero attached hydrogens (tertiary/aromatic N) is 5. The average Bonchev–Trinajstić information content (AvgIpc) is 3.64. The molecule has 2 fully saturated rings. The summed E-state index contributed by atoms with van der Waals surface area (Å²) in [5.74, 6) is 1.28. The van der Waals surface area contributed by atoms with Gasteiger partial charge in [0.05, 0.1) is 29.1 Å². The molecule has 1 saturated carbocycles. The maximum Gasteiger partial charge on any atom is 0.203 e. The molecule has 186 valence electrons. The summed E-state index contributed by atoms with van der Waals surface area (Å²) in [4.78, 5) is 15.1. The second-order valence-electron chi connectivity index (χ2n) is 8.80. The summed E-state index contributed by atoms with van der Waals surface area (Å²) >= 11 is 6.29. The summed E-state index contributed by atoms with van der Waals surface area (Å²) in [6, 6.07) is 11.5. The number of halogens is 1. The van der Waals surface area contributed by atoms with E-state index in [2.05, 4.69) is 15.1 Å². The molecule has 10 nitrogen and oxygen atoms in total. The fourth-order valence-corrected chi connectivity index (χ4v) is 4.26. The molecule has 0 spiro atoms. The van der Waals surface area contributed by atoms with Gasteiger partial charge in [-0.25, -0.2) is 9.67 Å². The molecule has 4 atom stereocenters. The molecule has 3 unspecified atom stereocenters. The van der Waals surface area contributed by atoms with Crippen molar-refractivity contribution in [2.45, 2.75) is 50.4 Å². The van der Waals surface area contributed by atoms with Gasteiger partial charge in [-0.05, 0) is 25.8 Å². The Morgan fingerprint density at radius 3 is 2.74 bits per heavy atom. The number of hydroxylamine groups is 2. The van der Waals surface area contributed by atoms with Crippen molar-refractivity contribution in [1.82, 2.24) is 24.8 Å². The van der Waals surface area contributed by atoms with E-state index in [4.69, 9.17) is 31.6 Å². The molecule has 1 saturated heterocycles. The molecule has 5 rings (SSSR count). The van der Waals surface area contributed by atoms with Gasteiger partial charge < -0.3 is 20.3 Å². The molecule has 0 bridgehead atoms. The number of likely N-dealkylation sites (N-methyl/N-ethyl adjacent to an activating group) is 1. The van der Waals surface area contributed by atoms with Crippen LogP contribution in [0.2, 0.25) is 5.02 Å². The van der Waals surface area contributed by atoms with Gasteiger partial charge in [-0.3, -0.25) is 9.82 Å². The highest BCUT2D eigenvalue weighted by Gasteiger charge is 2.37. The predicted octanol–water partition coefficient (Wildman–Crippen LogP) is 2.80. The lowest BCUT2D eigenvalue weighted by Gasteiger charge is -2.38. The molecule has 3 aromatic rings. The van der Waals surface area contributed by atoms with Gasteiger partial charge in [-0.15, -0.1) is 0 Å². The summed E-state index contributed by atoms with van der Waals surface area (Å²) in [6.45, 7) is 1.96. The number of pyridine rings is 1. The van der Waals surface area contributed by atoms with E-state index in [-0.39, 0.29) is 13.2 Å². The summed E-state index contributed by atoms with van der Waals surface area (Å²) in [6.07, 6.45) is 0.629. The number of benzene rings is 1. The summed E-state index contributed by atoms with van der Waals surface area (Å²) in [7, 11) is 1.76. The van der Waals surface area contributed by atoms with Crippen LogP contribution in [-0.2, 0) is 14.3 Å². The Hall–Kier alpha value is -2.44. The Kier molecular flexibility index (Phi) is 7.12. The van der Waals surface area contributed by atoms with Crippen LogP contribution in [0, 0.1) is 6.92 Å². The molecule has 1 aliphatic carbocycles. The minimum absolute atomic E-state index is 0.0371. The molecule has 0 radical (unpaired) electrons. The number of nitrogens with two attached hydrogens (primary N) is 1. The molecule has 3 heterocycles. The fraction of sp³-hybridized carbons (Fsp3) is 0.458. The van der Waals surface area contributed by atoms with E-state index < -0.39 is 24.7 Å². The van der Waals surface area contributed by atoms with Gasteiger partial charge >= 0.3 is 0 Å². The third kappa shape index (κ3) is 5.24. The van der Waals surface area contributed by atoms with Crippen LogP contribution in [0.3, 0.4) is 0 Å². The monoisotopic (exact) mass is 500 g/mol. The second-order valence-corrected chi connectivity index (χ2v) is 9.24. The van der Waals surface area contributed by atoms with E-state index in [1.807, 2.05) is 36.4 Å². The number of aliphatic hydroxyl groups excluding tert-OH is 1. The van der Waals surface area contributed by atoms with E-state index in [1.54, 1.807) is 29.9 Å². The van der Waals surface area contributed by atoms with Crippen molar-refractivity contribution in [1.29, 1.82) is 0 Å². The first-order chi connectivity index (χ1) is 16.9. The third-order valence-electron chi connectivity index (χ3n) is 6.07. The molecule has 1 aromatic carbocycles. The summed E-state index contributed by atoms with van der Waals surface area (Å²) < 4.78 is 13.9. The lowest BCUT2D eigenvalue weighted by molar-refractivity contribution is -0.386. The van der Waals surface area contributed by atoms with Crippen LogP contribution < -0.4 is 5.73 Å². The minimum atomic E-state index is -1.05. The van der Waals surface area contributed by atoms with Crippen LogP contribution >= 0.6 is 11.6 Å². The molecule has 3 N–H and O–H groups in total. The fourth-order valence-electron chi connectivity index (χ4n) is 4.11. The highest BCUT2D eigenvalue weighted by atomic mass is 35.5. The van der Waals surface area contributed by atoms with E-state index in [0.717, 1.165) is 29.8 Å². The highest BCUT2D eigenvalue weighted by molar-refractivity contribution is 6.30. The Balaban J connectivity index is 1.43. The van der Waals surface area contributed by atoms with Crippen LogP contribution in [0.4, 0.5) is 0 Å². The van der Waals surface area contributed by atoms with Crippen molar-refractivity contribution in [3.8, 4) is 5.69 Å². The first-order valence-corrected chi connectivity index (χ1v) is 12.0. The Bertz CT molecular complexity index is 1160. The maximum absolute atomic E-state index is 10.9. The first-order valence-electron chi connectivity index (χ1n) is 11.6. The van der Waals surface area contributed by atoms with Crippen molar-refractivity contribution >= 4 is 11.6 Å². The van der Waals surface area contributed by atoms with Gasteiger partial charge in [-0.2, -0.15) is 10.2 Å². The number of hydrogen-bond acceptors (Lipinski definition) is 9. The van der Waals surface area contributed by atoms with Gasteiger partial charge in [0.15, 0.2) is 12.1 Å². The Morgan fingerprint density at radius 1 is 1.29 bits per heavy atom. The number of hydrogen-bond donors (Lipinski definition) is 2. The topological polar surface area (TPSA) is 121 Å². The standard InChI is InChI=1S/C24H29ClN6O4/c1-14-28-23(31(29-14)18-10-17(25)12-27-21(18)15-8-9-15)22(19(32)11-26)34-20-13-33-24(35-30(20)2)16-6-4-3-5-7-16/h3-7,10,12,15,19-20,22,24,32H,8-9,11,13,26H2,1-2H3/t19-,20?,22?,24?/m0/s1. The number of rotatable bonds is 8. The van der Waals surface area contributed by atoms with Gasteiger partial charge in [0.1, 0.15) is 11.9 Å². The third-order valence-corrected chi connectivity index (χ3v) is 6.28. The van der Waals surface area contributed by atoms with Crippen LogP contribution in [-0.4, -0.2) is 62.4 Å². The lowest BCUT2D eigenvalue weighted by atomic mass is 10.1. The van der Waals surface area contributed by atoms with Crippen molar-refractivity contribution in [2.24, 2.45) is 5.73 Å². The van der Waals surface area contributed by atoms with Crippen LogP contribution in [0.5, 0.6) is 0 Å². The average molecular weight is 501 g/mol. The lowest BCUT2D eigenvalue weighted by Crippen LogP contribution is -2.46. The van der Waals surface area contributed by atoms with Gasteiger partial charge in [-0.1, -0.05) is 41.9 Å². The predicted molar refractivity (Wildman–Crippen MR) is 128 cm³/mol. The zero-order valence-electron chi connectivity index (χ0n) is 19.6. The molecular formula is C24H29ClN6O4. The van der Waals surface area contributed by atoms with Crippen molar-refractivity contribution in [2.75, 3.05) is 20.2 Å². The SMILES string of the molecule is Cc1nc(C(OC2COC(c3ccccc3)ON2C)[C@@H](O)CN)n(-c2cc(Cl)cnc2C2CC2)n1. The number of ether oxygens (including phenoxy) is 2. The second kappa shape index (κ2) is 10.3.